The van der Waals surface area contributed by atoms with Crippen LogP contribution >= 0.6 is 0 Å². The molecule has 0 aromatic carbocycles. The zero-order chi connectivity index (χ0) is 15.1. The van der Waals surface area contributed by atoms with Crippen molar-refractivity contribution in [1.29, 1.82) is 0 Å². The number of methoxy groups -OCH3 is 1. The summed E-state index contributed by atoms with van der Waals surface area (Å²) in [5, 5.41) is 7.18. The third-order valence-electron chi connectivity index (χ3n) is 2.99. The number of nitrogen functional groups attached to an aromatic ring is 1. The van der Waals surface area contributed by atoms with Crippen molar-refractivity contribution in [1.82, 2.24) is 15.1 Å². The molecule has 0 spiro atoms. The lowest BCUT2D eigenvalue weighted by molar-refractivity contribution is -0.119. The first-order chi connectivity index (χ1) is 9.51. The molecule has 0 aliphatic heterocycles. The Bertz CT molecular complexity index is 444. The van der Waals surface area contributed by atoms with Crippen LogP contribution in [0.15, 0.2) is 0 Å². The lowest BCUT2D eigenvalue weighted by Gasteiger charge is -2.19. The maximum absolute atomic E-state index is 11.8. The number of aryl methyl sites for hydroxylation is 2. The van der Waals surface area contributed by atoms with Crippen LogP contribution < -0.4 is 16.0 Å². The van der Waals surface area contributed by atoms with Gasteiger partial charge in [0.05, 0.1) is 24.5 Å². The molecule has 0 saturated heterocycles. The Kier molecular flexibility index (Phi) is 6.30. The third-order valence-corrected chi connectivity index (χ3v) is 2.99. The van der Waals surface area contributed by atoms with Crippen LogP contribution in [0.1, 0.15) is 19.0 Å². The topological polar surface area (TPSA) is 85.4 Å². The summed E-state index contributed by atoms with van der Waals surface area (Å²) in [5.41, 5.74) is 7.65. The summed E-state index contributed by atoms with van der Waals surface area (Å²) in [6.45, 7) is 3.33. The number of hydrogen-bond acceptors (Lipinski definition) is 5. The zero-order valence-electron chi connectivity index (χ0n) is 12.8. The Morgan fingerprint density at radius 3 is 2.85 bits per heavy atom. The summed E-state index contributed by atoms with van der Waals surface area (Å²) in [4.78, 5) is 13.6. The fourth-order valence-electron chi connectivity index (χ4n) is 2.10. The summed E-state index contributed by atoms with van der Waals surface area (Å²) in [5.74, 6) is 0.706. The van der Waals surface area contributed by atoms with Crippen molar-refractivity contribution < 1.29 is 9.53 Å². The van der Waals surface area contributed by atoms with Crippen molar-refractivity contribution in [3.05, 3.63) is 5.69 Å². The normalized spacial score (nSPS) is 10.6. The van der Waals surface area contributed by atoms with Crippen molar-refractivity contribution in [2.45, 2.75) is 19.8 Å². The molecule has 0 aliphatic carbocycles. The zero-order valence-corrected chi connectivity index (χ0v) is 12.8. The Morgan fingerprint density at radius 1 is 1.55 bits per heavy atom. The van der Waals surface area contributed by atoms with E-state index < -0.39 is 0 Å². The highest BCUT2D eigenvalue weighted by Crippen LogP contribution is 2.25. The molecule has 1 heterocycles. The number of nitrogens with zero attached hydrogens (tertiary/aromatic N) is 3. The van der Waals surface area contributed by atoms with Crippen molar-refractivity contribution >= 4 is 17.4 Å². The van der Waals surface area contributed by atoms with E-state index in [0.717, 1.165) is 24.4 Å². The Balaban J connectivity index is 2.67. The van der Waals surface area contributed by atoms with Gasteiger partial charge in [-0.3, -0.25) is 9.48 Å². The molecular weight excluding hydrogens is 258 g/mol. The van der Waals surface area contributed by atoms with Crippen LogP contribution in [0, 0.1) is 0 Å². The van der Waals surface area contributed by atoms with Gasteiger partial charge in [0, 0.05) is 27.7 Å². The van der Waals surface area contributed by atoms with E-state index >= 15 is 0 Å². The van der Waals surface area contributed by atoms with Crippen molar-refractivity contribution in [3.8, 4) is 0 Å². The van der Waals surface area contributed by atoms with Crippen LogP contribution in [0.4, 0.5) is 11.5 Å². The first kappa shape index (κ1) is 16.3. The van der Waals surface area contributed by atoms with Gasteiger partial charge in [-0.25, -0.2) is 0 Å². The van der Waals surface area contributed by atoms with E-state index in [-0.39, 0.29) is 12.5 Å². The molecule has 0 radical (unpaired) electrons. The number of rotatable bonds is 8. The van der Waals surface area contributed by atoms with E-state index in [9.17, 15) is 4.79 Å². The average molecular weight is 283 g/mol. The van der Waals surface area contributed by atoms with Gasteiger partial charge in [0.15, 0.2) is 5.82 Å². The lowest BCUT2D eigenvalue weighted by atomic mass is 10.2. The fourth-order valence-corrected chi connectivity index (χ4v) is 2.10. The number of anilines is 2. The number of carbonyl (C=O) groups is 1. The molecule has 0 aliphatic rings. The molecule has 1 aromatic rings. The van der Waals surface area contributed by atoms with E-state index in [4.69, 9.17) is 10.5 Å². The minimum absolute atomic E-state index is 0.0674. The SMILES string of the molecule is CCCc1nn(C)c(N(C)CC(=O)NCCOC)c1N. The van der Waals surface area contributed by atoms with E-state index in [0.29, 0.717) is 18.8 Å². The quantitative estimate of drug-likeness (QED) is 0.664. The highest BCUT2D eigenvalue weighted by atomic mass is 16.5. The molecule has 7 heteroatoms. The molecule has 20 heavy (non-hydrogen) atoms. The molecule has 114 valence electrons. The van der Waals surface area contributed by atoms with Crippen molar-refractivity contribution in [2.75, 3.05) is 44.5 Å². The van der Waals surface area contributed by atoms with Crippen LogP contribution in [-0.2, 0) is 23.0 Å². The Hall–Kier alpha value is -1.76. The molecular formula is C13H25N5O2. The molecule has 7 nitrogen and oxygen atoms in total. The predicted molar refractivity (Wildman–Crippen MR) is 79.8 cm³/mol. The van der Waals surface area contributed by atoms with Gasteiger partial charge in [-0.15, -0.1) is 0 Å². The van der Waals surface area contributed by atoms with Crippen LogP contribution in [0.5, 0.6) is 0 Å². The monoisotopic (exact) mass is 283 g/mol. The van der Waals surface area contributed by atoms with E-state index in [2.05, 4.69) is 17.3 Å². The largest absolute Gasteiger partial charge is 0.394 e. The van der Waals surface area contributed by atoms with Gasteiger partial charge in [0.25, 0.3) is 0 Å². The fraction of sp³-hybridized carbons (Fsp3) is 0.692. The second-order valence-corrected chi connectivity index (χ2v) is 4.76. The summed E-state index contributed by atoms with van der Waals surface area (Å²) in [6.07, 6.45) is 1.83. The average Bonchev–Trinajstić information content (AvgIpc) is 2.65. The van der Waals surface area contributed by atoms with Gasteiger partial charge in [-0.05, 0) is 6.42 Å². The van der Waals surface area contributed by atoms with Gasteiger partial charge in [0.2, 0.25) is 5.91 Å². The number of amides is 1. The first-order valence-electron chi connectivity index (χ1n) is 6.79. The first-order valence-corrected chi connectivity index (χ1v) is 6.79. The minimum Gasteiger partial charge on any atom is -0.394 e. The maximum atomic E-state index is 11.8. The predicted octanol–water partition coefficient (Wildman–Crippen LogP) is 0.154. The molecule has 1 rings (SSSR count). The summed E-state index contributed by atoms with van der Waals surface area (Å²) < 4.78 is 6.61. The van der Waals surface area contributed by atoms with Crippen molar-refractivity contribution in [2.24, 2.45) is 7.05 Å². The van der Waals surface area contributed by atoms with Crippen LogP contribution in [0.2, 0.25) is 0 Å². The molecule has 0 unspecified atom stereocenters. The van der Waals surface area contributed by atoms with Crippen LogP contribution in [0.25, 0.3) is 0 Å². The van der Waals surface area contributed by atoms with Crippen LogP contribution in [0.3, 0.4) is 0 Å². The molecule has 0 bridgehead atoms. The van der Waals surface area contributed by atoms with Crippen molar-refractivity contribution in [3.63, 3.8) is 0 Å². The Morgan fingerprint density at radius 2 is 2.25 bits per heavy atom. The summed E-state index contributed by atoms with van der Waals surface area (Å²) >= 11 is 0. The number of nitrogens with one attached hydrogen (secondary N) is 1. The molecule has 1 aromatic heterocycles. The highest BCUT2D eigenvalue weighted by Gasteiger charge is 2.18. The van der Waals surface area contributed by atoms with E-state index in [1.54, 1.807) is 11.8 Å². The molecule has 0 saturated carbocycles. The summed E-state index contributed by atoms with van der Waals surface area (Å²) in [6, 6.07) is 0. The van der Waals surface area contributed by atoms with E-state index in [1.165, 1.54) is 0 Å². The van der Waals surface area contributed by atoms with Gasteiger partial charge in [-0.1, -0.05) is 13.3 Å². The van der Waals surface area contributed by atoms with Gasteiger partial charge in [-0.2, -0.15) is 5.10 Å². The minimum atomic E-state index is -0.0674. The number of nitrogens with two attached hydrogens (primary N) is 1. The number of carbonyl (C=O) groups excluding carboxylic acids is 1. The smallest absolute Gasteiger partial charge is 0.239 e. The van der Waals surface area contributed by atoms with E-state index in [1.807, 2.05) is 19.0 Å². The third kappa shape index (κ3) is 4.12. The molecule has 0 atom stereocenters. The van der Waals surface area contributed by atoms with Crippen LogP contribution in [-0.4, -0.2) is 49.5 Å². The maximum Gasteiger partial charge on any atom is 0.239 e. The molecule has 0 fully saturated rings. The van der Waals surface area contributed by atoms with Gasteiger partial charge < -0.3 is 20.7 Å². The number of hydrogen-bond donors (Lipinski definition) is 2. The number of aromatic nitrogens is 2. The Labute approximate surface area is 120 Å². The molecule has 3 N–H and O–H groups in total. The standard InChI is InChI=1S/C13H25N5O2/c1-5-6-10-12(14)13(18(3)16-10)17(2)9-11(19)15-7-8-20-4/h5-9,14H2,1-4H3,(H,15,19). The number of ether oxygens (including phenoxy) is 1. The second-order valence-electron chi connectivity index (χ2n) is 4.76. The lowest BCUT2D eigenvalue weighted by Crippen LogP contribution is -2.37. The number of likely N-dealkylation sites (N-methyl/N-ethyl adjacent to an activating group) is 1. The highest BCUT2D eigenvalue weighted by molar-refractivity contribution is 5.82. The summed E-state index contributed by atoms with van der Waals surface area (Å²) in [7, 11) is 5.27. The second kappa shape index (κ2) is 7.74. The van der Waals surface area contributed by atoms with Gasteiger partial charge in [0.1, 0.15) is 0 Å². The van der Waals surface area contributed by atoms with Gasteiger partial charge >= 0.3 is 0 Å². The molecule has 1 amide bonds.